The molecule has 2 N–H and O–H groups in total. The quantitative estimate of drug-likeness (QED) is 0.572. The minimum Gasteiger partial charge on any atom is -0.398 e. The molecule has 1 heterocycles. The number of thiophene rings is 1. The first kappa shape index (κ1) is 12.9. The van der Waals surface area contributed by atoms with Crippen LogP contribution in [-0.2, 0) is 6.42 Å². The fraction of sp³-hybridized carbons (Fsp3) is 0.118. The maximum atomic E-state index is 12.3. The van der Waals surface area contributed by atoms with Crippen LogP contribution in [0.15, 0.2) is 53.2 Å². The first-order chi connectivity index (χ1) is 9.74. The molecule has 0 atom stereocenters. The van der Waals surface area contributed by atoms with E-state index in [2.05, 4.69) is 11.4 Å². The second-order valence-corrected chi connectivity index (χ2v) is 5.62. The highest BCUT2D eigenvalue weighted by molar-refractivity contribution is 7.07. The summed E-state index contributed by atoms with van der Waals surface area (Å²) < 4.78 is 0. The fourth-order valence-corrected chi connectivity index (χ4v) is 3.03. The largest absolute Gasteiger partial charge is 0.398 e. The van der Waals surface area contributed by atoms with Crippen LogP contribution < -0.4 is 5.73 Å². The minimum atomic E-state index is 0.111. The Balaban J connectivity index is 1.85. The normalized spacial score (nSPS) is 10.8. The van der Waals surface area contributed by atoms with Gasteiger partial charge in [0.05, 0.1) is 0 Å². The summed E-state index contributed by atoms with van der Waals surface area (Å²) in [6, 6.07) is 13.8. The second kappa shape index (κ2) is 5.47. The number of ketones is 1. The smallest absolute Gasteiger partial charge is 0.165 e. The van der Waals surface area contributed by atoms with Crippen LogP contribution in [0.25, 0.3) is 10.8 Å². The molecule has 0 saturated heterocycles. The van der Waals surface area contributed by atoms with E-state index in [1.54, 1.807) is 11.3 Å². The number of benzene rings is 2. The minimum absolute atomic E-state index is 0.111. The van der Waals surface area contributed by atoms with Gasteiger partial charge in [0.25, 0.3) is 0 Å². The molecule has 0 saturated carbocycles. The molecule has 0 unspecified atom stereocenters. The Hall–Kier alpha value is -2.13. The molecule has 0 bridgehead atoms. The van der Waals surface area contributed by atoms with Crippen molar-refractivity contribution in [1.29, 1.82) is 0 Å². The third kappa shape index (κ3) is 2.58. The van der Waals surface area contributed by atoms with Crippen LogP contribution in [0.2, 0.25) is 0 Å². The lowest BCUT2D eigenvalue weighted by molar-refractivity contribution is 0.0984. The molecule has 3 heteroatoms. The van der Waals surface area contributed by atoms with Gasteiger partial charge in [0.1, 0.15) is 0 Å². The first-order valence-electron chi connectivity index (χ1n) is 6.56. The standard InChI is InChI=1S/C17H15NOS/c18-16-10-14-4-2-1-3-13(14)9-15(16)17(19)6-5-12-7-8-20-11-12/h1-4,7-11H,5-6,18H2. The van der Waals surface area contributed by atoms with Crippen LogP contribution in [-0.4, -0.2) is 5.78 Å². The maximum Gasteiger partial charge on any atom is 0.165 e. The van der Waals surface area contributed by atoms with Crippen LogP contribution in [0.4, 0.5) is 5.69 Å². The van der Waals surface area contributed by atoms with E-state index in [9.17, 15) is 4.79 Å². The Morgan fingerprint density at radius 3 is 2.55 bits per heavy atom. The molecule has 20 heavy (non-hydrogen) atoms. The number of Topliss-reactive ketones (excluding diaryl/α,β-unsaturated/α-hetero) is 1. The Kier molecular flexibility index (Phi) is 3.52. The number of fused-ring (bicyclic) bond motifs is 1. The summed E-state index contributed by atoms with van der Waals surface area (Å²) in [4.78, 5) is 12.3. The average Bonchev–Trinajstić information content (AvgIpc) is 2.97. The Bertz CT molecular complexity index is 747. The number of hydrogen-bond donors (Lipinski definition) is 1. The van der Waals surface area contributed by atoms with Crippen LogP contribution in [0.1, 0.15) is 22.3 Å². The Morgan fingerprint density at radius 2 is 1.85 bits per heavy atom. The van der Waals surface area contributed by atoms with E-state index in [1.807, 2.05) is 41.8 Å². The van der Waals surface area contributed by atoms with Crippen molar-refractivity contribution in [2.75, 3.05) is 5.73 Å². The first-order valence-corrected chi connectivity index (χ1v) is 7.51. The summed E-state index contributed by atoms with van der Waals surface area (Å²) >= 11 is 1.66. The number of anilines is 1. The molecule has 0 radical (unpaired) electrons. The Morgan fingerprint density at radius 1 is 1.10 bits per heavy atom. The molecule has 2 aromatic carbocycles. The van der Waals surface area contributed by atoms with E-state index in [0.717, 1.165) is 17.2 Å². The van der Waals surface area contributed by atoms with Gasteiger partial charge in [0, 0.05) is 17.7 Å². The van der Waals surface area contributed by atoms with Gasteiger partial charge in [-0.1, -0.05) is 24.3 Å². The lowest BCUT2D eigenvalue weighted by Crippen LogP contribution is -2.05. The topological polar surface area (TPSA) is 43.1 Å². The predicted molar refractivity (Wildman–Crippen MR) is 85.3 cm³/mol. The van der Waals surface area contributed by atoms with Crippen LogP contribution in [0, 0.1) is 0 Å². The predicted octanol–water partition coefficient (Wildman–Crippen LogP) is 4.30. The molecule has 0 aliphatic rings. The fourth-order valence-electron chi connectivity index (χ4n) is 2.33. The van der Waals surface area contributed by atoms with Crippen molar-refractivity contribution < 1.29 is 4.79 Å². The second-order valence-electron chi connectivity index (χ2n) is 4.84. The van der Waals surface area contributed by atoms with Crippen molar-refractivity contribution >= 4 is 33.6 Å². The van der Waals surface area contributed by atoms with E-state index in [4.69, 9.17) is 5.73 Å². The van der Waals surface area contributed by atoms with E-state index >= 15 is 0 Å². The maximum absolute atomic E-state index is 12.3. The number of carbonyl (C=O) groups excluding carboxylic acids is 1. The molecular weight excluding hydrogens is 266 g/mol. The summed E-state index contributed by atoms with van der Waals surface area (Å²) in [5.74, 6) is 0.111. The lowest BCUT2D eigenvalue weighted by Gasteiger charge is -2.07. The molecule has 1 aromatic heterocycles. The molecule has 2 nitrogen and oxygen atoms in total. The molecule has 0 aliphatic carbocycles. The molecule has 0 amide bonds. The molecule has 0 spiro atoms. The van der Waals surface area contributed by atoms with Gasteiger partial charge in [-0.2, -0.15) is 11.3 Å². The van der Waals surface area contributed by atoms with Gasteiger partial charge in [0.15, 0.2) is 5.78 Å². The van der Waals surface area contributed by atoms with Crippen LogP contribution >= 0.6 is 11.3 Å². The summed E-state index contributed by atoms with van der Waals surface area (Å²) in [7, 11) is 0. The van der Waals surface area contributed by atoms with Crippen molar-refractivity contribution in [2.45, 2.75) is 12.8 Å². The zero-order valence-electron chi connectivity index (χ0n) is 11.0. The van der Waals surface area contributed by atoms with E-state index in [0.29, 0.717) is 17.7 Å². The lowest BCUT2D eigenvalue weighted by atomic mass is 9.99. The van der Waals surface area contributed by atoms with E-state index in [-0.39, 0.29) is 5.78 Å². The summed E-state index contributed by atoms with van der Waals surface area (Å²) in [5.41, 5.74) is 8.44. The van der Waals surface area contributed by atoms with Crippen molar-refractivity contribution in [3.63, 3.8) is 0 Å². The van der Waals surface area contributed by atoms with Gasteiger partial charge >= 0.3 is 0 Å². The molecule has 100 valence electrons. The number of aryl methyl sites for hydroxylation is 1. The van der Waals surface area contributed by atoms with Gasteiger partial charge in [0.2, 0.25) is 0 Å². The Labute approximate surface area is 121 Å². The molecular formula is C17H15NOS. The van der Waals surface area contributed by atoms with Crippen molar-refractivity contribution in [3.8, 4) is 0 Å². The van der Waals surface area contributed by atoms with E-state index in [1.165, 1.54) is 5.56 Å². The number of hydrogen-bond acceptors (Lipinski definition) is 3. The average molecular weight is 281 g/mol. The summed E-state index contributed by atoms with van der Waals surface area (Å²) in [6.45, 7) is 0. The third-order valence-electron chi connectivity index (χ3n) is 3.44. The van der Waals surface area contributed by atoms with Crippen molar-refractivity contribution in [3.05, 3.63) is 64.4 Å². The molecule has 3 aromatic rings. The number of rotatable bonds is 4. The van der Waals surface area contributed by atoms with Crippen molar-refractivity contribution in [1.82, 2.24) is 0 Å². The summed E-state index contributed by atoms with van der Waals surface area (Å²) in [6.07, 6.45) is 1.27. The van der Waals surface area contributed by atoms with Gasteiger partial charge in [-0.3, -0.25) is 4.79 Å². The highest BCUT2D eigenvalue weighted by Gasteiger charge is 2.11. The van der Waals surface area contributed by atoms with Gasteiger partial charge in [-0.25, -0.2) is 0 Å². The number of nitrogens with two attached hydrogens (primary N) is 1. The van der Waals surface area contributed by atoms with Crippen LogP contribution in [0.3, 0.4) is 0 Å². The highest BCUT2D eigenvalue weighted by Crippen LogP contribution is 2.23. The SMILES string of the molecule is Nc1cc2ccccc2cc1C(=O)CCc1ccsc1. The number of nitrogen functional groups attached to an aromatic ring is 1. The highest BCUT2D eigenvalue weighted by atomic mass is 32.1. The van der Waals surface area contributed by atoms with Gasteiger partial charge in [-0.15, -0.1) is 0 Å². The third-order valence-corrected chi connectivity index (χ3v) is 4.17. The zero-order chi connectivity index (χ0) is 13.9. The number of carbonyl (C=O) groups is 1. The molecule has 3 rings (SSSR count). The van der Waals surface area contributed by atoms with Gasteiger partial charge < -0.3 is 5.73 Å². The monoisotopic (exact) mass is 281 g/mol. The van der Waals surface area contributed by atoms with Gasteiger partial charge in [-0.05, 0) is 51.7 Å². The molecule has 0 aliphatic heterocycles. The zero-order valence-corrected chi connectivity index (χ0v) is 11.8. The van der Waals surface area contributed by atoms with E-state index < -0.39 is 0 Å². The van der Waals surface area contributed by atoms with Crippen molar-refractivity contribution in [2.24, 2.45) is 0 Å². The van der Waals surface area contributed by atoms with Crippen LogP contribution in [0.5, 0.6) is 0 Å². The molecule has 0 fully saturated rings. The summed E-state index contributed by atoms with van der Waals surface area (Å²) in [5, 5.41) is 6.24.